The highest BCUT2D eigenvalue weighted by atomic mass is 16.5. The number of aliphatic hydroxyl groups excluding tert-OH is 1. The average Bonchev–Trinajstić information content (AvgIpc) is 2.29. The number of hydrogen-bond donors (Lipinski definition) is 3. The molecule has 0 unspecified atom stereocenters. The molecule has 0 aromatic rings. The average molecular weight is 202 g/mol. The molecule has 0 aromatic heterocycles. The second-order valence-electron chi connectivity index (χ2n) is 3.00. The second-order valence-corrected chi connectivity index (χ2v) is 3.00. The Morgan fingerprint density at radius 1 is 1.71 bits per heavy atom. The molecule has 0 saturated carbocycles. The van der Waals surface area contributed by atoms with Gasteiger partial charge in [-0.1, -0.05) is 0 Å². The van der Waals surface area contributed by atoms with Crippen LogP contribution in [0.15, 0.2) is 0 Å². The number of aliphatic hydroxyl groups is 1. The third-order valence-corrected chi connectivity index (χ3v) is 1.88. The van der Waals surface area contributed by atoms with Crippen molar-refractivity contribution in [2.45, 2.75) is 19.1 Å². The number of carbonyl (C=O) groups is 2. The van der Waals surface area contributed by atoms with Gasteiger partial charge in [0.2, 0.25) is 5.91 Å². The first-order valence-electron chi connectivity index (χ1n) is 4.50. The molecule has 0 aliphatic carbocycles. The Bertz CT molecular complexity index is 231. The van der Waals surface area contributed by atoms with Crippen molar-refractivity contribution < 1.29 is 19.4 Å². The van der Waals surface area contributed by atoms with Crippen LogP contribution in [-0.4, -0.2) is 48.8 Å². The molecule has 2 atom stereocenters. The first-order valence-corrected chi connectivity index (χ1v) is 4.50. The molecule has 80 valence electrons. The number of carbonyl (C=O) groups excluding carboxylic acids is 2. The summed E-state index contributed by atoms with van der Waals surface area (Å²) in [6.45, 7) is 2.20. The van der Waals surface area contributed by atoms with Crippen molar-refractivity contribution in [1.82, 2.24) is 10.6 Å². The predicted octanol–water partition coefficient (Wildman–Crippen LogP) is -2.00. The monoisotopic (exact) mass is 202 g/mol. The molecular weight excluding hydrogens is 188 g/mol. The number of esters is 1. The highest BCUT2D eigenvalue weighted by molar-refractivity contribution is 5.86. The Labute approximate surface area is 81.6 Å². The van der Waals surface area contributed by atoms with Gasteiger partial charge in [-0.05, 0) is 6.92 Å². The molecule has 1 heterocycles. The van der Waals surface area contributed by atoms with E-state index in [1.54, 1.807) is 6.92 Å². The van der Waals surface area contributed by atoms with Crippen LogP contribution in [0.5, 0.6) is 0 Å². The van der Waals surface area contributed by atoms with E-state index in [1.165, 1.54) is 0 Å². The van der Waals surface area contributed by atoms with E-state index in [2.05, 4.69) is 10.6 Å². The van der Waals surface area contributed by atoms with Gasteiger partial charge in [0.05, 0.1) is 19.3 Å². The molecule has 14 heavy (non-hydrogen) atoms. The number of rotatable bonds is 2. The molecule has 1 amide bonds. The van der Waals surface area contributed by atoms with Crippen molar-refractivity contribution >= 4 is 11.9 Å². The van der Waals surface area contributed by atoms with E-state index in [4.69, 9.17) is 4.74 Å². The van der Waals surface area contributed by atoms with Crippen LogP contribution < -0.4 is 10.6 Å². The minimum absolute atomic E-state index is 0.104. The van der Waals surface area contributed by atoms with Crippen LogP contribution in [0, 0.1) is 0 Å². The summed E-state index contributed by atoms with van der Waals surface area (Å²) in [5.74, 6) is -0.920. The molecule has 6 heteroatoms. The van der Waals surface area contributed by atoms with Crippen LogP contribution >= 0.6 is 0 Å². The largest absolute Gasteiger partial charge is 0.464 e. The van der Waals surface area contributed by atoms with Gasteiger partial charge in [-0.25, -0.2) is 4.79 Å². The molecule has 1 rings (SSSR count). The number of nitrogens with one attached hydrogen (secondary N) is 2. The zero-order valence-corrected chi connectivity index (χ0v) is 7.95. The summed E-state index contributed by atoms with van der Waals surface area (Å²) in [4.78, 5) is 22.3. The van der Waals surface area contributed by atoms with E-state index in [-0.39, 0.29) is 25.6 Å². The molecule has 1 saturated heterocycles. The standard InChI is InChI=1S/C8H14N2O4/c1-2-14-8(13)7-5(11)3-9-4-6(12)10-7/h5,7,9,11H,2-4H2,1H3,(H,10,12)/t5-,7-/m1/s1. The van der Waals surface area contributed by atoms with Gasteiger partial charge in [-0.3, -0.25) is 4.79 Å². The first-order chi connectivity index (χ1) is 6.65. The number of hydrogen-bond acceptors (Lipinski definition) is 5. The van der Waals surface area contributed by atoms with E-state index in [9.17, 15) is 14.7 Å². The highest BCUT2D eigenvalue weighted by Crippen LogP contribution is 1.99. The van der Waals surface area contributed by atoms with Crippen LogP contribution in [0.1, 0.15) is 6.92 Å². The molecule has 1 fully saturated rings. The van der Waals surface area contributed by atoms with Gasteiger partial charge in [0, 0.05) is 6.54 Å². The van der Waals surface area contributed by atoms with Crippen molar-refractivity contribution in [3.05, 3.63) is 0 Å². The summed E-state index contributed by atoms with van der Waals surface area (Å²) < 4.78 is 4.71. The molecule has 0 radical (unpaired) electrons. The molecule has 1 aliphatic rings. The summed E-state index contributed by atoms with van der Waals surface area (Å²) in [6.07, 6.45) is -0.944. The highest BCUT2D eigenvalue weighted by Gasteiger charge is 2.31. The van der Waals surface area contributed by atoms with Gasteiger partial charge in [-0.2, -0.15) is 0 Å². The predicted molar refractivity (Wildman–Crippen MR) is 47.4 cm³/mol. The quantitative estimate of drug-likeness (QED) is 0.451. The summed E-state index contributed by atoms with van der Waals surface area (Å²) >= 11 is 0. The Kier molecular flexibility index (Phi) is 3.84. The number of amides is 1. The molecule has 0 bridgehead atoms. The lowest BCUT2D eigenvalue weighted by molar-refractivity contribution is -0.149. The lowest BCUT2D eigenvalue weighted by atomic mass is 10.1. The maximum atomic E-state index is 11.3. The molecule has 6 nitrogen and oxygen atoms in total. The van der Waals surface area contributed by atoms with Gasteiger partial charge in [0.25, 0.3) is 0 Å². The fraction of sp³-hybridized carbons (Fsp3) is 0.750. The van der Waals surface area contributed by atoms with Crippen molar-refractivity contribution in [3.63, 3.8) is 0 Å². The second kappa shape index (κ2) is 4.92. The van der Waals surface area contributed by atoms with Crippen molar-refractivity contribution in [2.75, 3.05) is 19.7 Å². The maximum absolute atomic E-state index is 11.3. The van der Waals surface area contributed by atoms with Gasteiger partial charge in [0.1, 0.15) is 0 Å². The van der Waals surface area contributed by atoms with Crippen molar-refractivity contribution in [1.29, 1.82) is 0 Å². The van der Waals surface area contributed by atoms with Crippen LogP contribution in [-0.2, 0) is 14.3 Å². The molecular formula is C8H14N2O4. The number of β-amino-alcohol motifs (C(OH)–C–C–N with tert-alkyl or cyclic N) is 1. The zero-order valence-electron chi connectivity index (χ0n) is 7.95. The summed E-state index contributed by atoms with van der Waals surface area (Å²) in [5, 5.41) is 14.6. The normalized spacial score (nSPS) is 27.7. The van der Waals surface area contributed by atoms with E-state index >= 15 is 0 Å². The summed E-state index contributed by atoms with van der Waals surface area (Å²) in [5.41, 5.74) is 0. The number of ether oxygens (including phenoxy) is 1. The smallest absolute Gasteiger partial charge is 0.331 e. The van der Waals surface area contributed by atoms with Gasteiger partial charge < -0.3 is 20.5 Å². The molecule has 1 aliphatic heterocycles. The van der Waals surface area contributed by atoms with Crippen molar-refractivity contribution in [3.8, 4) is 0 Å². The van der Waals surface area contributed by atoms with Gasteiger partial charge in [0.15, 0.2) is 6.04 Å². The Morgan fingerprint density at radius 2 is 2.43 bits per heavy atom. The molecule has 3 N–H and O–H groups in total. The zero-order chi connectivity index (χ0) is 10.6. The SMILES string of the molecule is CCOC(=O)[C@@H]1NC(=O)CNC[C@H]1O. The fourth-order valence-electron chi connectivity index (χ4n) is 1.22. The van der Waals surface area contributed by atoms with E-state index < -0.39 is 18.1 Å². The first kappa shape index (κ1) is 10.9. The molecule has 0 aromatic carbocycles. The minimum atomic E-state index is -0.961. The topological polar surface area (TPSA) is 87.7 Å². The van der Waals surface area contributed by atoms with Crippen molar-refractivity contribution in [2.24, 2.45) is 0 Å². The lowest BCUT2D eigenvalue weighted by Gasteiger charge is -2.18. The Balaban J connectivity index is 2.62. The van der Waals surface area contributed by atoms with Gasteiger partial charge >= 0.3 is 5.97 Å². The third-order valence-electron chi connectivity index (χ3n) is 1.88. The maximum Gasteiger partial charge on any atom is 0.331 e. The Morgan fingerprint density at radius 3 is 3.07 bits per heavy atom. The van der Waals surface area contributed by atoms with Crippen LogP contribution in [0.25, 0.3) is 0 Å². The minimum Gasteiger partial charge on any atom is -0.464 e. The van der Waals surface area contributed by atoms with Crippen LogP contribution in [0.3, 0.4) is 0 Å². The molecule has 0 spiro atoms. The fourth-order valence-corrected chi connectivity index (χ4v) is 1.22. The lowest BCUT2D eigenvalue weighted by Crippen LogP contribution is -2.49. The van der Waals surface area contributed by atoms with E-state index in [1.807, 2.05) is 0 Å². The third kappa shape index (κ3) is 2.68. The van der Waals surface area contributed by atoms with Gasteiger partial charge in [-0.15, -0.1) is 0 Å². The summed E-state index contributed by atoms with van der Waals surface area (Å²) in [6, 6.07) is -0.961. The van der Waals surface area contributed by atoms with Crippen LogP contribution in [0.4, 0.5) is 0 Å². The summed E-state index contributed by atoms with van der Waals surface area (Å²) in [7, 11) is 0. The van der Waals surface area contributed by atoms with E-state index in [0.717, 1.165) is 0 Å². The van der Waals surface area contributed by atoms with E-state index in [0.29, 0.717) is 0 Å². The van der Waals surface area contributed by atoms with Crippen LogP contribution in [0.2, 0.25) is 0 Å². The Hall–Kier alpha value is -1.14.